The topological polar surface area (TPSA) is 70.8 Å². The summed E-state index contributed by atoms with van der Waals surface area (Å²) < 4.78 is 32.7. The van der Waals surface area contributed by atoms with Crippen LogP contribution in [0.15, 0.2) is 56.7 Å². The Morgan fingerprint density at radius 1 is 1.07 bits per heavy atom. The van der Waals surface area contributed by atoms with Gasteiger partial charge in [-0.05, 0) is 48.6 Å². The maximum atomic E-state index is 13.0. The van der Waals surface area contributed by atoms with Gasteiger partial charge in [0.1, 0.15) is 9.97 Å². The standard InChI is InChI=1S/C20H22N2O4S3/c23-19(21(14-16-5-3-11-26-16)15-18-6-4-12-27-18)13-17-7-8-20(28-17)29(24,25)22-9-1-2-10-22/h3-8,11-12H,1-2,9-10,13-15H2. The van der Waals surface area contributed by atoms with Crippen molar-refractivity contribution in [2.75, 3.05) is 13.1 Å². The van der Waals surface area contributed by atoms with Crippen LogP contribution in [0.3, 0.4) is 0 Å². The Labute approximate surface area is 178 Å². The molecule has 0 spiro atoms. The lowest BCUT2D eigenvalue weighted by atomic mass is 10.2. The van der Waals surface area contributed by atoms with Crippen LogP contribution in [-0.4, -0.2) is 36.6 Å². The van der Waals surface area contributed by atoms with Gasteiger partial charge in [-0.25, -0.2) is 8.42 Å². The van der Waals surface area contributed by atoms with E-state index >= 15 is 0 Å². The third kappa shape index (κ3) is 4.80. The lowest BCUT2D eigenvalue weighted by Crippen LogP contribution is -2.30. The van der Waals surface area contributed by atoms with Gasteiger partial charge in [0, 0.05) is 22.8 Å². The first kappa shape index (κ1) is 20.3. The van der Waals surface area contributed by atoms with Gasteiger partial charge >= 0.3 is 0 Å². The molecule has 0 atom stereocenters. The Hall–Kier alpha value is -1.94. The molecule has 3 aromatic rings. The van der Waals surface area contributed by atoms with Gasteiger partial charge in [-0.1, -0.05) is 6.07 Å². The largest absolute Gasteiger partial charge is 0.467 e. The molecule has 1 aliphatic heterocycles. The first-order chi connectivity index (χ1) is 14.0. The highest BCUT2D eigenvalue weighted by Crippen LogP contribution is 2.28. The molecule has 0 radical (unpaired) electrons. The molecule has 154 valence electrons. The summed E-state index contributed by atoms with van der Waals surface area (Å²) in [5, 5.41) is 1.99. The van der Waals surface area contributed by atoms with E-state index in [0.717, 1.165) is 28.4 Å². The van der Waals surface area contributed by atoms with E-state index in [-0.39, 0.29) is 12.3 Å². The number of nitrogens with zero attached hydrogens (tertiary/aromatic N) is 2. The molecule has 1 saturated heterocycles. The minimum absolute atomic E-state index is 0.0539. The average Bonchev–Trinajstić information content (AvgIpc) is 3.49. The van der Waals surface area contributed by atoms with Crippen LogP contribution in [0.2, 0.25) is 0 Å². The van der Waals surface area contributed by atoms with Gasteiger partial charge in [0.2, 0.25) is 5.91 Å². The summed E-state index contributed by atoms with van der Waals surface area (Å²) in [4.78, 5) is 16.6. The van der Waals surface area contributed by atoms with Crippen molar-refractivity contribution in [1.29, 1.82) is 0 Å². The summed E-state index contributed by atoms with van der Waals surface area (Å²) in [5.41, 5.74) is 0. The number of amides is 1. The van der Waals surface area contributed by atoms with Gasteiger partial charge in [0.05, 0.1) is 25.8 Å². The molecule has 1 fully saturated rings. The molecule has 4 rings (SSSR count). The van der Waals surface area contributed by atoms with Crippen LogP contribution in [0.4, 0.5) is 0 Å². The maximum Gasteiger partial charge on any atom is 0.252 e. The van der Waals surface area contributed by atoms with Gasteiger partial charge in [-0.2, -0.15) is 4.31 Å². The van der Waals surface area contributed by atoms with Crippen LogP contribution in [0.25, 0.3) is 0 Å². The summed E-state index contributed by atoms with van der Waals surface area (Å²) in [6.45, 7) is 2.04. The molecule has 0 aromatic carbocycles. The quantitative estimate of drug-likeness (QED) is 0.521. The Bertz CT molecular complexity index is 997. The van der Waals surface area contributed by atoms with Crippen LogP contribution < -0.4 is 0 Å². The van der Waals surface area contributed by atoms with Crippen LogP contribution in [-0.2, 0) is 34.3 Å². The van der Waals surface area contributed by atoms with Crippen molar-refractivity contribution < 1.29 is 17.6 Å². The summed E-state index contributed by atoms with van der Waals surface area (Å²) in [6.07, 6.45) is 3.57. The first-order valence-corrected chi connectivity index (χ1v) is 12.6. The van der Waals surface area contributed by atoms with Crippen LogP contribution >= 0.6 is 22.7 Å². The van der Waals surface area contributed by atoms with Crippen molar-refractivity contribution in [1.82, 2.24) is 9.21 Å². The monoisotopic (exact) mass is 450 g/mol. The normalized spacial score (nSPS) is 15.0. The van der Waals surface area contributed by atoms with E-state index in [1.807, 2.05) is 23.6 Å². The predicted molar refractivity (Wildman–Crippen MR) is 113 cm³/mol. The molecule has 1 amide bonds. The number of thiophene rings is 2. The lowest BCUT2D eigenvalue weighted by Gasteiger charge is -2.21. The van der Waals surface area contributed by atoms with Crippen LogP contribution in [0.1, 0.15) is 28.4 Å². The van der Waals surface area contributed by atoms with E-state index in [2.05, 4.69) is 0 Å². The second kappa shape index (κ2) is 8.83. The molecule has 4 heterocycles. The molecule has 1 aliphatic rings. The number of hydrogen-bond acceptors (Lipinski definition) is 6. The van der Waals surface area contributed by atoms with Crippen molar-refractivity contribution in [3.05, 3.63) is 63.6 Å². The van der Waals surface area contributed by atoms with Crippen molar-refractivity contribution in [2.24, 2.45) is 0 Å². The molecule has 0 aliphatic carbocycles. The molecular formula is C20H22N2O4S3. The van der Waals surface area contributed by atoms with Crippen molar-refractivity contribution in [3.8, 4) is 0 Å². The predicted octanol–water partition coefficient (Wildman–Crippen LogP) is 3.96. The summed E-state index contributed by atoms with van der Waals surface area (Å²) in [6, 6.07) is 11.0. The van der Waals surface area contributed by atoms with Gasteiger partial charge in [0.15, 0.2) is 0 Å². The molecule has 0 bridgehead atoms. The van der Waals surface area contributed by atoms with Gasteiger partial charge in [0.25, 0.3) is 10.0 Å². The van der Waals surface area contributed by atoms with E-state index in [1.54, 1.807) is 40.7 Å². The fourth-order valence-electron chi connectivity index (χ4n) is 3.32. The van der Waals surface area contributed by atoms with Crippen molar-refractivity contribution in [2.45, 2.75) is 36.6 Å². The Morgan fingerprint density at radius 2 is 1.90 bits per heavy atom. The minimum Gasteiger partial charge on any atom is -0.467 e. The highest BCUT2D eigenvalue weighted by molar-refractivity contribution is 7.91. The molecule has 3 aromatic heterocycles. The number of rotatable bonds is 8. The van der Waals surface area contributed by atoms with Gasteiger partial charge in [-0.3, -0.25) is 4.79 Å². The second-order valence-electron chi connectivity index (χ2n) is 6.92. The van der Waals surface area contributed by atoms with Crippen molar-refractivity contribution >= 4 is 38.6 Å². The van der Waals surface area contributed by atoms with Crippen LogP contribution in [0.5, 0.6) is 0 Å². The third-order valence-electron chi connectivity index (χ3n) is 4.83. The van der Waals surface area contributed by atoms with Crippen LogP contribution in [0, 0.1) is 0 Å². The zero-order valence-corrected chi connectivity index (χ0v) is 18.3. The molecule has 9 heteroatoms. The van der Waals surface area contributed by atoms with E-state index in [4.69, 9.17) is 4.42 Å². The zero-order chi connectivity index (χ0) is 20.3. The summed E-state index contributed by atoms with van der Waals surface area (Å²) >= 11 is 2.79. The highest BCUT2D eigenvalue weighted by Gasteiger charge is 2.29. The smallest absolute Gasteiger partial charge is 0.252 e. The van der Waals surface area contributed by atoms with E-state index < -0.39 is 10.0 Å². The lowest BCUT2D eigenvalue weighted by molar-refractivity contribution is -0.131. The molecule has 0 unspecified atom stereocenters. The van der Waals surface area contributed by atoms with Crippen molar-refractivity contribution in [3.63, 3.8) is 0 Å². The summed E-state index contributed by atoms with van der Waals surface area (Å²) in [7, 11) is -3.44. The summed E-state index contributed by atoms with van der Waals surface area (Å²) in [5.74, 6) is 0.667. The number of sulfonamides is 1. The molecule has 6 nitrogen and oxygen atoms in total. The fourth-order valence-corrected chi connectivity index (χ4v) is 7.06. The Kier molecular flexibility index (Phi) is 6.19. The molecule has 29 heavy (non-hydrogen) atoms. The number of carbonyl (C=O) groups is 1. The maximum absolute atomic E-state index is 13.0. The molecule has 0 saturated carbocycles. The number of carbonyl (C=O) groups excluding carboxylic acids is 1. The number of furan rings is 1. The van der Waals surface area contributed by atoms with E-state index in [1.165, 1.54) is 15.6 Å². The van der Waals surface area contributed by atoms with E-state index in [0.29, 0.717) is 30.4 Å². The second-order valence-corrected chi connectivity index (χ2v) is 11.3. The average molecular weight is 451 g/mol. The SMILES string of the molecule is O=C(Cc1ccc(S(=O)(=O)N2CCCC2)s1)N(Cc1ccco1)Cc1cccs1. The van der Waals surface area contributed by atoms with E-state index in [9.17, 15) is 13.2 Å². The Balaban J connectivity index is 1.47. The fraction of sp³-hybridized carbons (Fsp3) is 0.350. The molecule has 0 N–H and O–H groups in total. The Morgan fingerprint density at radius 3 is 2.59 bits per heavy atom. The number of hydrogen-bond donors (Lipinski definition) is 0. The third-order valence-corrected chi connectivity index (χ3v) is 9.14. The van der Waals surface area contributed by atoms with Gasteiger partial charge in [-0.15, -0.1) is 22.7 Å². The minimum atomic E-state index is -3.44. The highest BCUT2D eigenvalue weighted by atomic mass is 32.2. The van der Waals surface area contributed by atoms with Gasteiger partial charge < -0.3 is 9.32 Å². The first-order valence-electron chi connectivity index (χ1n) is 9.44. The zero-order valence-electron chi connectivity index (χ0n) is 15.8. The molecular weight excluding hydrogens is 428 g/mol.